The van der Waals surface area contributed by atoms with Crippen molar-refractivity contribution in [2.75, 3.05) is 5.73 Å². The molecule has 28 heavy (non-hydrogen) atoms. The minimum Gasteiger partial charge on any atom is -0.465 e. The topological polar surface area (TPSA) is 119 Å². The third-order valence-electron chi connectivity index (χ3n) is 5.32. The van der Waals surface area contributed by atoms with E-state index >= 15 is 0 Å². The number of hydrogen-bond acceptors (Lipinski definition) is 5. The normalized spacial score (nSPS) is 16.2. The first-order valence-corrected chi connectivity index (χ1v) is 9.08. The monoisotopic (exact) mass is 374 g/mol. The van der Waals surface area contributed by atoms with E-state index in [1.54, 1.807) is 0 Å². The van der Waals surface area contributed by atoms with Crippen LogP contribution in [0.3, 0.4) is 0 Å². The number of rotatable bonds is 2. The number of pyridine rings is 1. The van der Waals surface area contributed by atoms with E-state index in [4.69, 9.17) is 10.8 Å². The van der Waals surface area contributed by atoms with E-state index in [-0.39, 0.29) is 6.04 Å². The first-order valence-electron chi connectivity index (χ1n) is 9.08. The van der Waals surface area contributed by atoms with Gasteiger partial charge in [-0.2, -0.15) is 0 Å². The van der Waals surface area contributed by atoms with Gasteiger partial charge in [0.2, 0.25) is 0 Å². The van der Waals surface area contributed by atoms with Crippen molar-refractivity contribution >= 4 is 33.8 Å². The summed E-state index contributed by atoms with van der Waals surface area (Å²) in [6.45, 7) is 0.510. The van der Waals surface area contributed by atoms with E-state index in [0.29, 0.717) is 25.2 Å². The molecule has 0 unspecified atom stereocenters. The highest BCUT2D eigenvalue weighted by molar-refractivity contribution is 6.03. The van der Waals surface area contributed by atoms with Gasteiger partial charge in [-0.3, -0.25) is 4.98 Å². The van der Waals surface area contributed by atoms with Crippen molar-refractivity contribution in [3.63, 3.8) is 0 Å². The molecule has 0 saturated heterocycles. The number of amides is 1. The van der Waals surface area contributed by atoms with Gasteiger partial charge in [-0.25, -0.2) is 14.8 Å². The summed E-state index contributed by atoms with van der Waals surface area (Å²) in [4.78, 5) is 24.3. The zero-order chi connectivity index (χ0) is 19.3. The molecule has 1 amide bonds. The van der Waals surface area contributed by atoms with Gasteiger partial charge in [0.25, 0.3) is 0 Å². The summed E-state index contributed by atoms with van der Waals surface area (Å²) in [6.07, 6.45) is 3.71. The van der Waals surface area contributed by atoms with Crippen molar-refractivity contribution in [2.24, 2.45) is 0 Å². The first kappa shape index (κ1) is 16.5. The lowest BCUT2D eigenvalue weighted by atomic mass is 9.97. The lowest BCUT2D eigenvalue weighted by Gasteiger charge is -2.25. The van der Waals surface area contributed by atoms with E-state index in [1.165, 1.54) is 6.33 Å². The number of nitrogens with two attached hydrogens (primary N) is 1. The summed E-state index contributed by atoms with van der Waals surface area (Å²) in [7, 11) is 0. The number of nitrogen functional groups attached to an aromatic ring is 1. The lowest BCUT2D eigenvalue weighted by Crippen LogP contribution is -2.40. The molecule has 0 aliphatic carbocycles. The van der Waals surface area contributed by atoms with Crippen molar-refractivity contribution in [3.05, 3.63) is 48.5 Å². The number of carbonyl (C=O) groups is 1. The molecule has 0 fully saturated rings. The van der Waals surface area contributed by atoms with Crippen molar-refractivity contribution < 1.29 is 9.90 Å². The summed E-state index contributed by atoms with van der Waals surface area (Å²) in [5.74, 6) is 0.415. The van der Waals surface area contributed by atoms with E-state index in [9.17, 15) is 4.79 Å². The number of hydrogen-bond donors (Lipinski definition) is 3. The zero-order valence-corrected chi connectivity index (χ0v) is 15.0. The second-order valence-corrected chi connectivity index (χ2v) is 6.99. The van der Waals surface area contributed by atoms with Crippen LogP contribution in [-0.4, -0.2) is 36.8 Å². The van der Waals surface area contributed by atoms with Gasteiger partial charge in [0.05, 0.1) is 16.9 Å². The second kappa shape index (κ2) is 6.19. The van der Waals surface area contributed by atoms with Gasteiger partial charge in [-0.1, -0.05) is 18.2 Å². The molecule has 0 saturated carbocycles. The lowest BCUT2D eigenvalue weighted by molar-refractivity contribution is 0.186. The third-order valence-corrected chi connectivity index (χ3v) is 5.32. The Morgan fingerprint density at radius 2 is 2.11 bits per heavy atom. The van der Waals surface area contributed by atoms with Gasteiger partial charge in [0.1, 0.15) is 17.8 Å². The zero-order valence-electron chi connectivity index (χ0n) is 15.0. The Morgan fingerprint density at radius 3 is 2.96 bits per heavy atom. The molecular formula is C20H18N6O2. The molecule has 4 heterocycles. The average molecular weight is 374 g/mol. The van der Waals surface area contributed by atoms with Crippen LogP contribution in [0.4, 0.5) is 10.6 Å². The maximum absolute atomic E-state index is 11.1. The predicted octanol–water partition coefficient (Wildman–Crippen LogP) is 2.81. The van der Waals surface area contributed by atoms with Crippen molar-refractivity contribution in [3.8, 4) is 11.1 Å². The minimum absolute atomic E-state index is 0.167. The van der Waals surface area contributed by atoms with Crippen LogP contribution in [0.2, 0.25) is 0 Å². The second-order valence-electron chi connectivity index (χ2n) is 6.99. The third kappa shape index (κ3) is 2.53. The number of nitrogens with one attached hydrogen (secondary N) is 1. The van der Waals surface area contributed by atoms with Crippen LogP contribution in [0, 0.1) is 0 Å². The summed E-state index contributed by atoms with van der Waals surface area (Å²) in [6, 6.07) is 9.90. The van der Waals surface area contributed by atoms with Gasteiger partial charge < -0.3 is 20.7 Å². The van der Waals surface area contributed by atoms with E-state index < -0.39 is 6.09 Å². The van der Waals surface area contributed by atoms with Crippen LogP contribution >= 0.6 is 0 Å². The van der Waals surface area contributed by atoms with E-state index in [2.05, 4.69) is 30.9 Å². The molecule has 1 aromatic carbocycles. The van der Waals surface area contributed by atoms with Crippen LogP contribution < -0.4 is 11.1 Å². The van der Waals surface area contributed by atoms with Crippen LogP contribution in [0.5, 0.6) is 0 Å². The molecular weight excluding hydrogens is 356 g/mol. The molecule has 3 aromatic heterocycles. The molecule has 4 N–H and O–H groups in total. The van der Waals surface area contributed by atoms with Crippen LogP contribution in [0.25, 0.3) is 33.1 Å². The fourth-order valence-electron chi connectivity index (χ4n) is 4.13. The minimum atomic E-state index is -1.02. The van der Waals surface area contributed by atoms with Crippen LogP contribution in [0.1, 0.15) is 12.1 Å². The molecule has 4 aromatic rings. The quantitative estimate of drug-likeness (QED) is 0.496. The Labute approximate surface area is 160 Å². The Balaban J connectivity index is 1.74. The number of anilines is 1. The number of aromatic nitrogens is 4. The van der Waals surface area contributed by atoms with Gasteiger partial charge in [0.15, 0.2) is 0 Å². The summed E-state index contributed by atoms with van der Waals surface area (Å²) in [5, 5.41) is 13.5. The number of para-hydroxylation sites is 1. The average Bonchev–Trinajstić information content (AvgIpc) is 3.02. The SMILES string of the molecule is Nc1ncnc2c1c(-c1cnc3ccccc3c1)c1n2C[C@@H](NC(=O)O)CC1. The molecule has 140 valence electrons. The highest BCUT2D eigenvalue weighted by Gasteiger charge is 2.28. The van der Waals surface area contributed by atoms with Crippen LogP contribution in [-0.2, 0) is 13.0 Å². The maximum atomic E-state index is 11.1. The summed E-state index contributed by atoms with van der Waals surface area (Å²) in [5.41, 5.74) is 10.9. The summed E-state index contributed by atoms with van der Waals surface area (Å²) >= 11 is 0. The smallest absolute Gasteiger partial charge is 0.404 e. The Bertz CT molecular complexity index is 1230. The fraction of sp³-hybridized carbons (Fsp3) is 0.200. The molecule has 8 heteroatoms. The highest BCUT2D eigenvalue weighted by Crippen LogP contribution is 2.39. The molecule has 0 spiro atoms. The standard InChI is InChI=1S/C20H18N6O2/c21-18-17-16(12-7-11-3-1-2-4-14(11)22-8-12)15-6-5-13(25-20(27)28)9-26(15)19(17)24-10-23-18/h1-4,7-8,10,13,25H,5-6,9H2,(H,27,28)(H2,21,23,24)/t13-/m0/s1. The van der Waals surface area contributed by atoms with Gasteiger partial charge >= 0.3 is 6.09 Å². The number of nitrogens with zero attached hydrogens (tertiary/aromatic N) is 4. The van der Waals surface area contributed by atoms with Gasteiger partial charge in [0, 0.05) is 34.9 Å². The predicted molar refractivity (Wildman–Crippen MR) is 106 cm³/mol. The van der Waals surface area contributed by atoms with Gasteiger partial charge in [-0.15, -0.1) is 0 Å². The number of fused-ring (bicyclic) bond motifs is 4. The first-order chi connectivity index (χ1) is 13.6. The number of benzene rings is 1. The van der Waals surface area contributed by atoms with Gasteiger partial charge in [-0.05, 0) is 25.0 Å². The molecule has 1 aliphatic rings. The van der Waals surface area contributed by atoms with Crippen LogP contribution in [0.15, 0.2) is 42.9 Å². The van der Waals surface area contributed by atoms with E-state index in [1.807, 2.05) is 30.5 Å². The molecule has 0 bridgehead atoms. The maximum Gasteiger partial charge on any atom is 0.404 e. The van der Waals surface area contributed by atoms with Crippen molar-refractivity contribution in [1.29, 1.82) is 0 Å². The van der Waals surface area contributed by atoms with E-state index in [0.717, 1.165) is 38.8 Å². The molecule has 5 rings (SSSR count). The fourth-order valence-corrected chi connectivity index (χ4v) is 4.13. The molecule has 1 aliphatic heterocycles. The Kier molecular flexibility index (Phi) is 3.65. The Morgan fingerprint density at radius 1 is 1.25 bits per heavy atom. The molecule has 8 nitrogen and oxygen atoms in total. The van der Waals surface area contributed by atoms with Crippen molar-refractivity contribution in [1.82, 2.24) is 24.8 Å². The summed E-state index contributed by atoms with van der Waals surface area (Å²) < 4.78 is 2.06. The highest BCUT2D eigenvalue weighted by atomic mass is 16.4. The largest absolute Gasteiger partial charge is 0.465 e. The molecule has 0 radical (unpaired) electrons. The van der Waals surface area contributed by atoms with Crippen molar-refractivity contribution in [2.45, 2.75) is 25.4 Å². The Hall–Kier alpha value is -3.68. The molecule has 1 atom stereocenters. The number of carboxylic acid groups (broad SMARTS) is 1.